The number of rotatable bonds is 3. The molecular formula is C25H27F2N3. The molecule has 2 unspecified atom stereocenters. The van der Waals surface area contributed by atoms with Gasteiger partial charge in [0.15, 0.2) is 0 Å². The highest BCUT2D eigenvalue weighted by molar-refractivity contribution is 5.50. The molecule has 2 aromatic rings. The zero-order chi connectivity index (χ0) is 20.7. The first-order valence-corrected chi connectivity index (χ1v) is 11.1. The summed E-state index contributed by atoms with van der Waals surface area (Å²) in [5, 5.41) is 8.91. The highest BCUT2D eigenvalue weighted by Gasteiger charge is 2.44. The van der Waals surface area contributed by atoms with Crippen LogP contribution >= 0.6 is 0 Å². The molecule has 0 spiro atoms. The van der Waals surface area contributed by atoms with Gasteiger partial charge in [-0.3, -0.25) is 4.90 Å². The molecule has 5 rings (SSSR count). The van der Waals surface area contributed by atoms with E-state index in [1.54, 1.807) is 18.2 Å². The maximum Gasteiger partial charge on any atom is 0.143 e. The minimum atomic E-state index is -0.439. The molecule has 2 aliphatic carbocycles. The Balaban J connectivity index is 1.16. The van der Waals surface area contributed by atoms with Gasteiger partial charge in [0.2, 0.25) is 0 Å². The van der Waals surface area contributed by atoms with Gasteiger partial charge in [0.25, 0.3) is 0 Å². The summed E-state index contributed by atoms with van der Waals surface area (Å²) < 4.78 is 28.1. The Morgan fingerprint density at radius 3 is 2.17 bits per heavy atom. The molecule has 0 bridgehead atoms. The van der Waals surface area contributed by atoms with Crippen molar-refractivity contribution in [3.63, 3.8) is 0 Å². The highest BCUT2D eigenvalue weighted by Crippen LogP contribution is 2.52. The molecule has 5 heteroatoms. The number of anilines is 1. The first kappa shape index (κ1) is 19.5. The van der Waals surface area contributed by atoms with Crippen molar-refractivity contribution < 1.29 is 8.78 Å². The number of nitriles is 1. The molecule has 30 heavy (non-hydrogen) atoms. The molecule has 3 nitrogen and oxygen atoms in total. The molecular weight excluding hydrogens is 380 g/mol. The third-order valence-corrected chi connectivity index (χ3v) is 7.60. The third kappa shape index (κ3) is 3.58. The normalized spacial score (nSPS) is 29.0. The second-order valence-electron chi connectivity index (χ2n) is 9.13. The lowest BCUT2D eigenvalue weighted by atomic mass is 9.93. The predicted octanol–water partition coefficient (Wildman–Crippen LogP) is 4.93. The number of nitrogens with zero attached hydrogens (tertiary/aromatic N) is 3. The van der Waals surface area contributed by atoms with Crippen LogP contribution in [0, 0.1) is 34.8 Å². The lowest BCUT2D eigenvalue weighted by Crippen LogP contribution is -2.50. The van der Waals surface area contributed by atoms with Crippen LogP contribution in [0.3, 0.4) is 0 Å². The summed E-state index contributed by atoms with van der Waals surface area (Å²) in [6.45, 7) is 3.75. The zero-order valence-electron chi connectivity index (χ0n) is 17.1. The van der Waals surface area contributed by atoms with E-state index in [2.05, 4.69) is 9.80 Å². The molecule has 156 valence electrons. The average Bonchev–Trinajstić information content (AvgIpc) is 3.33. The van der Waals surface area contributed by atoms with Crippen LogP contribution in [0.25, 0.3) is 0 Å². The third-order valence-electron chi connectivity index (χ3n) is 7.60. The van der Waals surface area contributed by atoms with Crippen molar-refractivity contribution in [3.8, 4) is 6.07 Å². The van der Waals surface area contributed by atoms with Crippen LogP contribution in [0.4, 0.5) is 14.5 Å². The van der Waals surface area contributed by atoms with E-state index in [9.17, 15) is 8.78 Å². The number of fused-ring (bicyclic) bond motifs is 1. The number of hydrogen-bond acceptors (Lipinski definition) is 3. The molecule has 2 aromatic carbocycles. The molecule has 1 saturated heterocycles. The van der Waals surface area contributed by atoms with Crippen LogP contribution in [-0.4, -0.2) is 37.1 Å². The molecule has 3 aliphatic rings. The molecule has 0 radical (unpaired) electrons. The maximum absolute atomic E-state index is 14.2. The van der Waals surface area contributed by atoms with Crippen molar-refractivity contribution in [3.05, 3.63) is 65.2 Å². The van der Waals surface area contributed by atoms with E-state index in [0.717, 1.165) is 50.3 Å². The molecule has 1 heterocycles. The van der Waals surface area contributed by atoms with Gasteiger partial charge in [-0.1, -0.05) is 18.2 Å². The first-order chi connectivity index (χ1) is 14.6. The summed E-state index contributed by atoms with van der Waals surface area (Å²) in [4.78, 5) is 4.82. The van der Waals surface area contributed by atoms with E-state index in [1.165, 1.54) is 18.9 Å². The Hall–Kier alpha value is -2.45. The number of piperazine rings is 1. The van der Waals surface area contributed by atoms with Crippen molar-refractivity contribution >= 4 is 5.69 Å². The summed E-state index contributed by atoms with van der Waals surface area (Å²) in [6, 6.07) is 14.7. The number of hydrogen-bond donors (Lipinski definition) is 0. The highest BCUT2D eigenvalue weighted by atomic mass is 19.1. The summed E-state index contributed by atoms with van der Waals surface area (Å²) in [7, 11) is 0. The fraction of sp³-hybridized carbons (Fsp3) is 0.480. The van der Waals surface area contributed by atoms with E-state index >= 15 is 0 Å². The largest absolute Gasteiger partial charge is 0.369 e. The fourth-order valence-corrected chi connectivity index (χ4v) is 6.08. The molecule has 1 aliphatic heterocycles. The minimum Gasteiger partial charge on any atom is -0.369 e. The average molecular weight is 408 g/mol. The standard InChI is InChI=1S/C25H27F2N3/c26-24-4-2-1-3-23(24)20-11-18-13-22(14-19(18)12-20)30-9-7-29(8-10-30)21-6-5-17(16-28)25(27)15-21/h1-6,15,18-20,22H,7-14H2. The van der Waals surface area contributed by atoms with Gasteiger partial charge in [-0.25, -0.2) is 8.78 Å². The SMILES string of the molecule is N#Cc1ccc(N2CCN(C3CC4CC(c5ccccc5F)CC4C3)CC2)cc1F. The van der Waals surface area contributed by atoms with Gasteiger partial charge in [0.1, 0.15) is 17.7 Å². The van der Waals surface area contributed by atoms with Gasteiger partial charge < -0.3 is 4.90 Å². The molecule has 0 aromatic heterocycles. The summed E-state index contributed by atoms with van der Waals surface area (Å²) >= 11 is 0. The fourth-order valence-electron chi connectivity index (χ4n) is 6.08. The quantitative estimate of drug-likeness (QED) is 0.723. The van der Waals surface area contributed by atoms with Gasteiger partial charge in [-0.05, 0) is 73.3 Å². The number of benzene rings is 2. The topological polar surface area (TPSA) is 30.3 Å². The van der Waals surface area contributed by atoms with Crippen molar-refractivity contribution in [2.75, 3.05) is 31.1 Å². The Kier molecular flexibility index (Phi) is 5.20. The Morgan fingerprint density at radius 1 is 0.833 bits per heavy atom. The van der Waals surface area contributed by atoms with Gasteiger partial charge >= 0.3 is 0 Å². The van der Waals surface area contributed by atoms with Crippen molar-refractivity contribution in [1.29, 1.82) is 5.26 Å². The van der Waals surface area contributed by atoms with Crippen molar-refractivity contribution in [2.24, 2.45) is 11.8 Å². The minimum absolute atomic E-state index is 0.0469. The van der Waals surface area contributed by atoms with E-state index < -0.39 is 5.82 Å². The first-order valence-electron chi connectivity index (χ1n) is 11.1. The van der Waals surface area contributed by atoms with Gasteiger partial charge in [-0.2, -0.15) is 5.26 Å². The zero-order valence-corrected chi connectivity index (χ0v) is 17.1. The van der Waals surface area contributed by atoms with Crippen molar-refractivity contribution in [2.45, 2.75) is 37.6 Å². The van der Waals surface area contributed by atoms with Gasteiger partial charge in [0, 0.05) is 37.9 Å². The number of halogens is 2. The summed E-state index contributed by atoms with van der Waals surface area (Å²) in [5.41, 5.74) is 1.87. The predicted molar refractivity (Wildman–Crippen MR) is 113 cm³/mol. The van der Waals surface area contributed by atoms with Crippen LogP contribution in [0.5, 0.6) is 0 Å². The Bertz CT molecular complexity index is 947. The van der Waals surface area contributed by atoms with Crippen molar-refractivity contribution in [1.82, 2.24) is 4.90 Å². The van der Waals surface area contributed by atoms with Crippen LogP contribution in [-0.2, 0) is 0 Å². The van der Waals surface area contributed by atoms with Crippen LogP contribution in [0.15, 0.2) is 42.5 Å². The second-order valence-corrected chi connectivity index (χ2v) is 9.13. The monoisotopic (exact) mass is 407 g/mol. The summed E-state index contributed by atoms with van der Waals surface area (Å²) in [5.74, 6) is 1.32. The van der Waals surface area contributed by atoms with E-state index in [-0.39, 0.29) is 11.4 Å². The molecule has 2 atom stereocenters. The van der Waals surface area contributed by atoms with Crippen LogP contribution in [0.1, 0.15) is 42.7 Å². The van der Waals surface area contributed by atoms with Crippen LogP contribution < -0.4 is 4.90 Å². The molecule has 0 amide bonds. The summed E-state index contributed by atoms with van der Waals surface area (Å²) in [6.07, 6.45) is 4.68. The van der Waals surface area contributed by atoms with E-state index in [1.807, 2.05) is 24.3 Å². The lowest BCUT2D eigenvalue weighted by Gasteiger charge is -2.39. The second kappa shape index (κ2) is 8.00. The van der Waals surface area contributed by atoms with Gasteiger partial charge in [-0.15, -0.1) is 0 Å². The van der Waals surface area contributed by atoms with Crippen LogP contribution in [0.2, 0.25) is 0 Å². The lowest BCUT2D eigenvalue weighted by molar-refractivity contribution is 0.179. The van der Waals surface area contributed by atoms with E-state index in [4.69, 9.17) is 5.26 Å². The van der Waals surface area contributed by atoms with E-state index in [0.29, 0.717) is 23.8 Å². The Labute approximate surface area is 176 Å². The van der Waals surface area contributed by atoms with Gasteiger partial charge in [0.05, 0.1) is 5.56 Å². The smallest absolute Gasteiger partial charge is 0.143 e. The Morgan fingerprint density at radius 2 is 1.53 bits per heavy atom. The molecule has 3 fully saturated rings. The molecule has 0 N–H and O–H groups in total. The molecule has 2 saturated carbocycles. The maximum atomic E-state index is 14.2.